The van der Waals surface area contributed by atoms with Gasteiger partial charge in [0, 0.05) is 37.6 Å². The maximum Gasteiger partial charge on any atom is 0.274 e. The first-order valence-corrected chi connectivity index (χ1v) is 8.51. The lowest BCUT2D eigenvalue weighted by molar-refractivity contribution is 0.0667. The van der Waals surface area contributed by atoms with Crippen molar-refractivity contribution in [3.63, 3.8) is 0 Å². The van der Waals surface area contributed by atoms with Gasteiger partial charge in [0.05, 0.1) is 31.7 Å². The van der Waals surface area contributed by atoms with E-state index in [9.17, 15) is 4.79 Å². The minimum Gasteiger partial charge on any atom is -0.492 e. The molecule has 2 saturated heterocycles. The third-order valence-electron chi connectivity index (χ3n) is 4.90. The molecule has 0 aliphatic carbocycles. The van der Waals surface area contributed by atoms with Crippen molar-refractivity contribution in [3.05, 3.63) is 48.8 Å². The topological polar surface area (TPSA) is 77.4 Å². The monoisotopic (exact) mass is 340 g/mol. The predicted octanol–water partition coefficient (Wildman–Crippen LogP) is 1.43. The van der Waals surface area contributed by atoms with Crippen LogP contribution in [0.5, 0.6) is 5.75 Å². The quantitative estimate of drug-likeness (QED) is 0.819. The molecule has 0 unspecified atom stereocenters. The molecule has 2 aromatic rings. The first-order chi connectivity index (χ1) is 12.3. The zero-order valence-electron chi connectivity index (χ0n) is 13.8. The van der Waals surface area contributed by atoms with Gasteiger partial charge in [-0.1, -0.05) is 0 Å². The van der Waals surface area contributed by atoms with E-state index < -0.39 is 0 Å². The Balaban J connectivity index is 1.31. The highest BCUT2D eigenvalue weighted by Gasteiger charge is 2.45. The van der Waals surface area contributed by atoms with Gasteiger partial charge in [0.15, 0.2) is 0 Å². The van der Waals surface area contributed by atoms with Gasteiger partial charge in [-0.3, -0.25) is 14.8 Å². The van der Waals surface area contributed by atoms with Crippen molar-refractivity contribution in [1.82, 2.24) is 19.9 Å². The average molecular weight is 340 g/mol. The predicted molar refractivity (Wildman–Crippen MR) is 89.0 cm³/mol. The molecule has 4 heterocycles. The van der Waals surface area contributed by atoms with Crippen LogP contribution in [0.3, 0.4) is 0 Å². The fraction of sp³-hybridized carbons (Fsp3) is 0.444. The lowest BCUT2D eigenvalue weighted by Gasteiger charge is -2.19. The average Bonchev–Trinajstić information content (AvgIpc) is 3.24. The van der Waals surface area contributed by atoms with Crippen LogP contribution in [-0.2, 0) is 4.74 Å². The third-order valence-corrected chi connectivity index (χ3v) is 4.90. The molecule has 0 aromatic carbocycles. The van der Waals surface area contributed by atoms with Crippen LogP contribution in [0.2, 0.25) is 0 Å². The van der Waals surface area contributed by atoms with Gasteiger partial charge in [0.1, 0.15) is 11.4 Å². The highest BCUT2D eigenvalue weighted by Crippen LogP contribution is 2.36. The largest absolute Gasteiger partial charge is 0.492 e. The van der Waals surface area contributed by atoms with E-state index in [1.54, 1.807) is 24.8 Å². The SMILES string of the molecule is O=C(c1cnccn1)N1C[C@H]2[C@@H](CCOc3cccnc3)CO[C@H]2C1. The van der Waals surface area contributed by atoms with Crippen LogP contribution in [0.4, 0.5) is 0 Å². The van der Waals surface area contributed by atoms with Crippen molar-refractivity contribution in [3.8, 4) is 5.75 Å². The molecule has 130 valence electrons. The number of amides is 1. The van der Waals surface area contributed by atoms with Crippen LogP contribution in [0.25, 0.3) is 0 Å². The molecule has 0 bridgehead atoms. The number of aromatic nitrogens is 3. The molecule has 1 amide bonds. The molecule has 0 spiro atoms. The van der Waals surface area contributed by atoms with Crippen molar-refractivity contribution in [2.45, 2.75) is 12.5 Å². The van der Waals surface area contributed by atoms with Gasteiger partial charge < -0.3 is 14.4 Å². The summed E-state index contributed by atoms with van der Waals surface area (Å²) in [5.74, 6) is 1.47. The number of carbonyl (C=O) groups is 1. The molecule has 7 nitrogen and oxygen atoms in total. The van der Waals surface area contributed by atoms with E-state index in [1.165, 1.54) is 6.20 Å². The second-order valence-corrected chi connectivity index (χ2v) is 6.42. The molecule has 0 saturated carbocycles. The van der Waals surface area contributed by atoms with Gasteiger partial charge in [0.25, 0.3) is 5.91 Å². The van der Waals surface area contributed by atoms with Crippen molar-refractivity contribution < 1.29 is 14.3 Å². The summed E-state index contributed by atoms with van der Waals surface area (Å²) in [5.41, 5.74) is 0.388. The standard InChI is InChI=1S/C18H20N4O3/c23-18(16-9-20-5-6-21-16)22-10-15-13(12-25-17(15)11-22)3-7-24-14-2-1-4-19-8-14/h1-2,4-6,8-9,13,15,17H,3,7,10-12H2/t13-,15-,17-/m0/s1. The van der Waals surface area contributed by atoms with Crippen LogP contribution in [-0.4, -0.2) is 58.2 Å². The van der Waals surface area contributed by atoms with Crippen LogP contribution in [0, 0.1) is 11.8 Å². The number of pyridine rings is 1. The molecule has 2 aliphatic heterocycles. The van der Waals surface area contributed by atoms with Crippen LogP contribution < -0.4 is 4.74 Å². The molecule has 7 heteroatoms. The summed E-state index contributed by atoms with van der Waals surface area (Å²) < 4.78 is 11.7. The summed E-state index contributed by atoms with van der Waals surface area (Å²) in [6.45, 7) is 2.69. The molecule has 2 fully saturated rings. The fourth-order valence-electron chi connectivity index (χ4n) is 3.59. The Labute approximate surface area is 146 Å². The smallest absolute Gasteiger partial charge is 0.274 e. The van der Waals surface area contributed by atoms with E-state index in [4.69, 9.17) is 9.47 Å². The summed E-state index contributed by atoms with van der Waals surface area (Å²) in [6.07, 6.45) is 9.08. The zero-order valence-corrected chi connectivity index (χ0v) is 13.8. The summed E-state index contributed by atoms with van der Waals surface area (Å²) in [7, 11) is 0. The van der Waals surface area contributed by atoms with Crippen LogP contribution in [0.1, 0.15) is 16.9 Å². The van der Waals surface area contributed by atoms with Crippen molar-refractivity contribution in [2.24, 2.45) is 11.8 Å². The van der Waals surface area contributed by atoms with Crippen molar-refractivity contribution in [1.29, 1.82) is 0 Å². The Kier molecular flexibility index (Phi) is 4.56. The van der Waals surface area contributed by atoms with Crippen LogP contribution >= 0.6 is 0 Å². The molecule has 2 aliphatic rings. The maximum atomic E-state index is 12.5. The molecule has 0 radical (unpaired) electrons. The summed E-state index contributed by atoms with van der Waals surface area (Å²) in [5, 5.41) is 0. The van der Waals surface area contributed by atoms with Gasteiger partial charge in [-0.2, -0.15) is 0 Å². The van der Waals surface area contributed by atoms with E-state index in [0.29, 0.717) is 37.2 Å². The Morgan fingerprint density at radius 3 is 2.96 bits per heavy atom. The van der Waals surface area contributed by atoms with E-state index in [1.807, 2.05) is 17.0 Å². The molecule has 0 N–H and O–H groups in total. The Bertz CT molecular complexity index is 713. The van der Waals surface area contributed by atoms with Gasteiger partial charge in [-0.25, -0.2) is 4.98 Å². The number of carbonyl (C=O) groups excluding carboxylic acids is 1. The summed E-state index contributed by atoms with van der Waals surface area (Å²) in [4.78, 5) is 26.5. The minimum absolute atomic E-state index is 0.0727. The number of hydrogen-bond acceptors (Lipinski definition) is 6. The minimum atomic E-state index is -0.0727. The van der Waals surface area contributed by atoms with E-state index in [-0.39, 0.29) is 12.0 Å². The van der Waals surface area contributed by atoms with Crippen LogP contribution in [0.15, 0.2) is 43.1 Å². The summed E-state index contributed by atoms with van der Waals surface area (Å²) >= 11 is 0. The van der Waals surface area contributed by atoms with Gasteiger partial charge in [0.2, 0.25) is 0 Å². The zero-order chi connectivity index (χ0) is 17.1. The number of nitrogens with zero attached hydrogens (tertiary/aromatic N) is 4. The second-order valence-electron chi connectivity index (χ2n) is 6.42. The first kappa shape index (κ1) is 16.0. The maximum absolute atomic E-state index is 12.5. The van der Waals surface area contributed by atoms with Crippen molar-refractivity contribution >= 4 is 5.91 Å². The highest BCUT2D eigenvalue weighted by atomic mass is 16.5. The summed E-state index contributed by atoms with van der Waals surface area (Å²) in [6, 6.07) is 3.76. The normalized spacial score (nSPS) is 25.0. The fourth-order valence-corrected chi connectivity index (χ4v) is 3.59. The first-order valence-electron chi connectivity index (χ1n) is 8.51. The Morgan fingerprint density at radius 2 is 2.16 bits per heavy atom. The number of fused-ring (bicyclic) bond motifs is 1. The van der Waals surface area contributed by atoms with E-state index in [2.05, 4.69) is 15.0 Å². The van der Waals surface area contributed by atoms with Gasteiger partial charge >= 0.3 is 0 Å². The number of likely N-dealkylation sites (tertiary alicyclic amines) is 1. The Hall–Kier alpha value is -2.54. The highest BCUT2D eigenvalue weighted by molar-refractivity contribution is 5.92. The third kappa shape index (κ3) is 3.46. The molecule has 25 heavy (non-hydrogen) atoms. The lowest BCUT2D eigenvalue weighted by atomic mass is 9.91. The molecule has 2 aromatic heterocycles. The molecule has 3 atom stereocenters. The lowest BCUT2D eigenvalue weighted by Crippen LogP contribution is -2.32. The van der Waals surface area contributed by atoms with Crippen molar-refractivity contribution in [2.75, 3.05) is 26.3 Å². The van der Waals surface area contributed by atoms with E-state index >= 15 is 0 Å². The molecular weight excluding hydrogens is 320 g/mol. The van der Waals surface area contributed by atoms with E-state index in [0.717, 1.165) is 18.8 Å². The second kappa shape index (κ2) is 7.14. The number of rotatable bonds is 5. The number of ether oxygens (including phenoxy) is 2. The Morgan fingerprint density at radius 1 is 1.24 bits per heavy atom. The number of hydrogen-bond donors (Lipinski definition) is 0. The molecular formula is C18H20N4O3. The molecule has 4 rings (SSSR count). The van der Waals surface area contributed by atoms with Gasteiger partial charge in [-0.15, -0.1) is 0 Å². The van der Waals surface area contributed by atoms with Gasteiger partial charge in [-0.05, 0) is 24.5 Å².